The molecule has 6 nitrogen and oxygen atoms in total. The number of allylic oxidation sites excluding steroid dienone is 26. The molecule has 408 valence electrons. The van der Waals surface area contributed by atoms with E-state index in [-0.39, 0.29) is 31.1 Å². The van der Waals surface area contributed by atoms with Gasteiger partial charge in [-0.25, -0.2) is 0 Å². The Labute approximate surface area is 448 Å². The average Bonchev–Trinajstić information content (AvgIpc) is 3.39. The molecule has 73 heavy (non-hydrogen) atoms. The first-order chi connectivity index (χ1) is 36.0. The summed E-state index contributed by atoms with van der Waals surface area (Å²) in [5.41, 5.74) is 0. The lowest BCUT2D eigenvalue weighted by Gasteiger charge is -2.18. The minimum Gasteiger partial charge on any atom is -0.462 e. The molecule has 0 aromatic heterocycles. The van der Waals surface area contributed by atoms with Crippen LogP contribution in [0.4, 0.5) is 0 Å². The van der Waals surface area contributed by atoms with Gasteiger partial charge in [0.25, 0.3) is 0 Å². The van der Waals surface area contributed by atoms with Gasteiger partial charge in [-0.3, -0.25) is 14.4 Å². The molecule has 0 saturated heterocycles. The Hall–Kier alpha value is -4.97. The zero-order valence-electron chi connectivity index (χ0n) is 46.6. The van der Waals surface area contributed by atoms with Crippen molar-refractivity contribution in [3.63, 3.8) is 0 Å². The molecule has 6 heteroatoms. The van der Waals surface area contributed by atoms with E-state index < -0.39 is 6.10 Å². The quantitative estimate of drug-likeness (QED) is 0.0261. The highest BCUT2D eigenvalue weighted by Crippen LogP contribution is 2.13. The van der Waals surface area contributed by atoms with E-state index in [4.69, 9.17) is 14.2 Å². The summed E-state index contributed by atoms with van der Waals surface area (Å²) in [6, 6.07) is 0. The van der Waals surface area contributed by atoms with Crippen LogP contribution in [0.1, 0.15) is 226 Å². The van der Waals surface area contributed by atoms with E-state index in [1.807, 2.05) is 0 Å². The van der Waals surface area contributed by atoms with Gasteiger partial charge in [0.2, 0.25) is 0 Å². The third-order valence-electron chi connectivity index (χ3n) is 11.5. The van der Waals surface area contributed by atoms with Gasteiger partial charge in [-0.2, -0.15) is 0 Å². The lowest BCUT2D eigenvalue weighted by Crippen LogP contribution is -2.30. The Morgan fingerprint density at radius 2 is 0.493 bits per heavy atom. The maximum absolute atomic E-state index is 12.9. The van der Waals surface area contributed by atoms with Crippen molar-refractivity contribution < 1.29 is 28.6 Å². The molecule has 0 rings (SSSR count). The van der Waals surface area contributed by atoms with Crippen molar-refractivity contribution in [2.24, 2.45) is 0 Å². The number of hydrogen-bond acceptors (Lipinski definition) is 6. The molecule has 1 unspecified atom stereocenters. The second-order valence-corrected chi connectivity index (χ2v) is 18.4. The van der Waals surface area contributed by atoms with Crippen LogP contribution in [-0.2, 0) is 28.6 Å². The average molecular weight is 1010 g/mol. The lowest BCUT2D eigenvalue weighted by atomic mass is 10.1. The van der Waals surface area contributed by atoms with Crippen molar-refractivity contribution in [1.29, 1.82) is 0 Å². The van der Waals surface area contributed by atoms with Crippen molar-refractivity contribution in [3.05, 3.63) is 158 Å². The molecule has 0 heterocycles. The van der Waals surface area contributed by atoms with Crippen LogP contribution < -0.4 is 0 Å². The van der Waals surface area contributed by atoms with E-state index in [2.05, 4.69) is 179 Å². The van der Waals surface area contributed by atoms with Crippen molar-refractivity contribution in [3.8, 4) is 0 Å². The second-order valence-electron chi connectivity index (χ2n) is 18.4. The Balaban J connectivity index is 4.49. The summed E-state index contributed by atoms with van der Waals surface area (Å²) >= 11 is 0. The highest BCUT2D eigenvalue weighted by Gasteiger charge is 2.19. The zero-order chi connectivity index (χ0) is 52.9. The van der Waals surface area contributed by atoms with E-state index >= 15 is 0 Å². The molecule has 0 aliphatic rings. The molecule has 0 aliphatic heterocycles. The van der Waals surface area contributed by atoms with Gasteiger partial charge in [0.05, 0.1) is 0 Å². The van der Waals surface area contributed by atoms with Crippen molar-refractivity contribution in [1.82, 2.24) is 0 Å². The number of unbranched alkanes of at least 4 members (excludes halogenated alkanes) is 13. The molecular formula is C67H104O6. The van der Waals surface area contributed by atoms with Crippen LogP contribution in [0.3, 0.4) is 0 Å². The fourth-order valence-electron chi connectivity index (χ4n) is 7.27. The first kappa shape index (κ1) is 68.0. The standard InChI is InChI=1S/C67H104O6/c1-4-7-10-13-16-19-22-25-27-29-30-31-32-33-34-35-36-38-39-42-45-48-51-54-57-60-66(69)72-63-64(62-71-65(68)59-56-53-50-47-44-41-24-21-18-15-12-9-6-3)73-67(70)61-58-55-52-49-46-43-40-37-28-26-23-20-17-14-11-8-5-2/h7-12,16-21,25-28,30-31,33-34,36,38,41-42,44-45,64H,4-6,13-15,22-24,29,32,35,37,39-40,43,46-63H2,1-3H3/b10-7-,11-8-,12-9-,19-16-,20-17-,21-18-,27-25-,28-26-,31-30-,34-33-,38-36-,44-41-,45-42-. The molecule has 0 spiro atoms. The van der Waals surface area contributed by atoms with Crippen LogP contribution in [0.15, 0.2) is 158 Å². The maximum Gasteiger partial charge on any atom is 0.306 e. The minimum atomic E-state index is -0.818. The third-order valence-corrected chi connectivity index (χ3v) is 11.5. The van der Waals surface area contributed by atoms with Gasteiger partial charge >= 0.3 is 17.9 Å². The minimum absolute atomic E-state index is 0.115. The number of ether oxygens (including phenoxy) is 3. The fraction of sp³-hybridized carbons (Fsp3) is 0.567. The summed E-state index contributed by atoms with van der Waals surface area (Å²) in [6.45, 7) is 6.22. The van der Waals surface area contributed by atoms with Crippen LogP contribution >= 0.6 is 0 Å². The molecule has 0 N–H and O–H groups in total. The topological polar surface area (TPSA) is 78.9 Å². The van der Waals surface area contributed by atoms with Crippen LogP contribution in [0.5, 0.6) is 0 Å². The fourth-order valence-corrected chi connectivity index (χ4v) is 7.27. The summed E-state index contributed by atoms with van der Waals surface area (Å²) < 4.78 is 16.8. The molecule has 0 radical (unpaired) electrons. The first-order valence-corrected chi connectivity index (χ1v) is 29.0. The molecule has 0 bridgehead atoms. The Morgan fingerprint density at radius 3 is 0.781 bits per heavy atom. The second kappa shape index (κ2) is 59.6. The number of carbonyl (C=O) groups excluding carboxylic acids is 3. The van der Waals surface area contributed by atoms with Gasteiger partial charge in [-0.05, 0) is 141 Å². The molecule has 0 amide bonds. The summed E-state index contributed by atoms with van der Waals surface area (Å²) in [6.07, 6.45) is 86.6. The SMILES string of the molecule is CC/C=C\C/C=C\C/C=C\C/C=C\C/C=C\C/C=C\C/C=C\CCCCCC(=O)OCC(COC(=O)CCCCC/C=C\C/C=C\C/C=C\CC)OC(=O)CCCCCCCCC/C=C\C/C=C\C/C=C\CC. The van der Waals surface area contributed by atoms with Gasteiger partial charge in [0.15, 0.2) is 6.10 Å². The molecule has 0 saturated carbocycles. The third kappa shape index (κ3) is 57.8. The smallest absolute Gasteiger partial charge is 0.306 e. The molecule has 0 aliphatic carbocycles. The van der Waals surface area contributed by atoms with E-state index in [0.717, 1.165) is 167 Å². The summed E-state index contributed by atoms with van der Waals surface area (Å²) in [5.74, 6) is -0.994. The molecule has 0 aromatic rings. The van der Waals surface area contributed by atoms with Gasteiger partial charge < -0.3 is 14.2 Å². The molecule has 0 aromatic carbocycles. The van der Waals surface area contributed by atoms with Gasteiger partial charge in [0, 0.05) is 19.3 Å². The van der Waals surface area contributed by atoms with E-state index in [1.54, 1.807) is 0 Å². The van der Waals surface area contributed by atoms with Crippen LogP contribution in [0.2, 0.25) is 0 Å². The van der Waals surface area contributed by atoms with Crippen molar-refractivity contribution in [2.45, 2.75) is 232 Å². The van der Waals surface area contributed by atoms with Crippen LogP contribution in [0, 0.1) is 0 Å². The highest BCUT2D eigenvalue weighted by atomic mass is 16.6. The van der Waals surface area contributed by atoms with E-state index in [9.17, 15) is 14.4 Å². The molecule has 1 atom stereocenters. The number of hydrogen-bond donors (Lipinski definition) is 0. The van der Waals surface area contributed by atoms with Crippen LogP contribution in [-0.4, -0.2) is 37.2 Å². The Bertz CT molecular complexity index is 1670. The van der Waals surface area contributed by atoms with E-state index in [0.29, 0.717) is 19.3 Å². The van der Waals surface area contributed by atoms with Gasteiger partial charge in [0.1, 0.15) is 13.2 Å². The van der Waals surface area contributed by atoms with Crippen molar-refractivity contribution >= 4 is 17.9 Å². The van der Waals surface area contributed by atoms with Gasteiger partial charge in [-0.15, -0.1) is 0 Å². The monoisotopic (exact) mass is 1000 g/mol. The van der Waals surface area contributed by atoms with Crippen molar-refractivity contribution in [2.75, 3.05) is 13.2 Å². The normalized spacial score (nSPS) is 13.3. The lowest BCUT2D eigenvalue weighted by molar-refractivity contribution is -0.167. The highest BCUT2D eigenvalue weighted by molar-refractivity contribution is 5.71. The van der Waals surface area contributed by atoms with Crippen LogP contribution in [0.25, 0.3) is 0 Å². The van der Waals surface area contributed by atoms with E-state index in [1.165, 1.54) is 19.3 Å². The summed E-state index contributed by atoms with van der Waals surface area (Å²) in [4.78, 5) is 38.2. The zero-order valence-corrected chi connectivity index (χ0v) is 46.6. The number of esters is 3. The van der Waals surface area contributed by atoms with Gasteiger partial charge in [-0.1, -0.05) is 224 Å². The largest absolute Gasteiger partial charge is 0.462 e. The Kier molecular flexibility index (Phi) is 55.5. The number of rotatable bonds is 50. The molecular weight excluding hydrogens is 901 g/mol. The first-order valence-electron chi connectivity index (χ1n) is 29.0. The Morgan fingerprint density at radius 1 is 0.274 bits per heavy atom. The maximum atomic E-state index is 12.9. The predicted octanol–water partition coefficient (Wildman–Crippen LogP) is 19.8. The molecule has 0 fully saturated rings. The summed E-state index contributed by atoms with van der Waals surface area (Å²) in [5, 5.41) is 0. The summed E-state index contributed by atoms with van der Waals surface area (Å²) in [7, 11) is 0. The predicted molar refractivity (Wildman–Crippen MR) is 315 cm³/mol. The number of carbonyl (C=O) groups is 3.